The second-order valence-electron chi connectivity index (χ2n) is 5.10. The predicted octanol–water partition coefficient (Wildman–Crippen LogP) is 3.94. The molecule has 0 bridgehead atoms. The van der Waals surface area contributed by atoms with Gasteiger partial charge in [-0.25, -0.2) is 4.98 Å². The highest BCUT2D eigenvalue weighted by Gasteiger charge is 2.25. The van der Waals surface area contributed by atoms with Crippen molar-refractivity contribution in [3.8, 4) is 0 Å². The molecule has 0 unspecified atom stereocenters. The predicted molar refractivity (Wildman–Crippen MR) is 95.6 cm³/mol. The number of imide groups is 1. The van der Waals surface area contributed by atoms with Crippen molar-refractivity contribution in [3.63, 3.8) is 0 Å². The summed E-state index contributed by atoms with van der Waals surface area (Å²) in [5.74, 6) is 0.0181. The molecule has 124 valence electrons. The number of hydrogen-bond acceptors (Lipinski definition) is 7. The molecule has 4 rings (SSSR count). The Bertz CT molecular complexity index is 1050. The first kappa shape index (κ1) is 15.7. The summed E-state index contributed by atoms with van der Waals surface area (Å²) in [6, 6.07) is 5.19. The summed E-state index contributed by atoms with van der Waals surface area (Å²) in [4.78, 5) is 31.3. The lowest BCUT2D eigenvalue weighted by Crippen LogP contribution is -2.17. The highest BCUT2D eigenvalue weighted by atomic mass is 35.5. The molecule has 2 N–H and O–H groups in total. The first-order valence-electron chi connectivity index (χ1n) is 7.09. The monoisotopic (exact) mass is 372 g/mol. The number of hydrogen-bond donors (Lipinski definition) is 2. The molecule has 1 saturated heterocycles. The Morgan fingerprint density at radius 1 is 1.28 bits per heavy atom. The number of anilines is 2. The average Bonchev–Trinajstić information content (AvgIpc) is 3.11. The minimum atomic E-state index is -0.432. The van der Waals surface area contributed by atoms with Gasteiger partial charge in [0.25, 0.3) is 11.1 Å². The third-order valence-corrected chi connectivity index (χ3v) is 4.38. The minimum Gasteiger partial charge on any atom is -0.454 e. The van der Waals surface area contributed by atoms with Crippen molar-refractivity contribution in [1.29, 1.82) is 0 Å². The van der Waals surface area contributed by atoms with Crippen LogP contribution in [0.1, 0.15) is 5.76 Å². The number of pyridine rings is 2. The zero-order chi connectivity index (χ0) is 17.4. The van der Waals surface area contributed by atoms with Crippen molar-refractivity contribution in [3.05, 3.63) is 52.6 Å². The third-order valence-electron chi connectivity index (χ3n) is 3.36. The van der Waals surface area contributed by atoms with Gasteiger partial charge in [0.15, 0.2) is 5.58 Å². The van der Waals surface area contributed by atoms with Crippen LogP contribution in [0.2, 0.25) is 5.15 Å². The maximum absolute atomic E-state index is 11.6. The fourth-order valence-corrected chi connectivity index (χ4v) is 3.16. The lowest BCUT2D eigenvalue weighted by Gasteiger charge is -2.06. The van der Waals surface area contributed by atoms with Crippen LogP contribution in [0.4, 0.5) is 16.2 Å². The van der Waals surface area contributed by atoms with Gasteiger partial charge in [-0.15, -0.1) is 0 Å². The summed E-state index contributed by atoms with van der Waals surface area (Å²) in [7, 11) is 0. The number of rotatable bonds is 3. The highest BCUT2D eigenvalue weighted by molar-refractivity contribution is 8.18. The Kier molecular flexibility index (Phi) is 3.90. The maximum atomic E-state index is 11.6. The summed E-state index contributed by atoms with van der Waals surface area (Å²) in [6.07, 6.45) is 6.39. The molecular weight excluding hydrogens is 364 g/mol. The third kappa shape index (κ3) is 3.21. The summed E-state index contributed by atoms with van der Waals surface area (Å²) < 4.78 is 5.82. The smallest absolute Gasteiger partial charge is 0.290 e. The number of nitrogens with one attached hydrogen (secondary N) is 2. The van der Waals surface area contributed by atoms with Gasteiger partial charge in [-0.05, 0) is 30.0 Å². The van der Waals surface area contributed by atoms with Gasteiger partial charge in [0, 0.05) is 29.5 Å². The van der Waals surface area contributed by atoms with Gasteiger partial charge in [-0.1, -0.05) is 11.6 Å². The quantitative estimate of drug-likeness (QED) is 0.530. The Morgan fingerprint density at radius 2 is 2.16 bits per heavy atom. The van der Waals surface area contributed by atoms with E-state index in [1.807, 2.05) is 0 Å². The number of amides is 2. The van der Waals surface area contributed by atoms with Gasteiger partial charge in [-0.2, -0.15) is 0 Å². The molecular formula is C16H9ClN4O3S. The zero-order valence-electron chi connectivity index (χ0n) is 12.4. The Hall–Kier alpha value is -2.84. The molecule has 1 aliphatic rings. The van der Waals surface area contributed by atoms with Crippen LogP contribution in [0.3, 0.4) is 0 Å². The fourth-order valence-electron chi connectivity index (χ4n) is 2.33. The summed E-state index contributed by atoms with van der Waals surface area (Å²) in [6.45, 7) is 0. The Labute approximate surface area is 150 Å². The number of thioether (sulfide) groups is 1. The van der Waals surface area contributed by atoms with E-state index in [0.717, 1.165) is 22.8 Å². The summed E-state index contributed by atoms with van der Waals surface area (Å²) in [5, 5.41) is 6.10. The summed E-state index contributed by atoms with van der Waals surface area (Å²) in [5.41, 5.74) is 1.95. The zero-order valence-corrected chi connectivity index (χ0v) is 14.0. The van der Waals surface area contributed by atoms with Crippen molar-refractivity contribution in [2.75, 3.05) is 5.32 Å². The molecule has 0 atom stereocenters. The molecule has 3 aromatic heterocycles. The van der Waals surface area contributed by atoms with E-state index < -0.39 is 11.1 Å². The molecule has 3 aromatic rings. The van der Waals surface area contributed by atoms with E-state index in [4.69, 9.17) is 16.0 Å². The highest BCUT2D eigenvalue weighted by Crippen LogP contribution is 2.31. The first-order chi connectivity index (χ1) is 12.1. The molecule has 0 aromatic carbocycles. The average molecular weight is 373 g/mol. The van der Waals surface area contributed by atoms with Crippen LogP contribution in [0.15, 0.2) is 46.1 Å². The van der Waals surface area contributed by atoms with E-state index in [-0.39, 0.29) is 4.91 Å². The second kappa shape index (κ2) is 6.23. The van der Waals surface area contributed by atoms with E-state index in [1.165, 1.54) is 6.08 Å². The normalized spacial score (nSPS) is 15.8. The standard InChI is InChI=1S/C16H9ClN4O3S/c17-13-4-9(1-2-19-13)20-11-7-18-6-8-3-10(24-14(8)11)5-12-15(22)21-16(23)25-12/h1-7H,(H,19,20)(H,21,22,23)/b12-5-. The van der Waals surface area contributed by atoms with Gasteiger partial charge in [0.1, 0.15) is 16.6 Å². The van der Waals surface area contributed by atoms with Crippen LogP contribution < -0.4 is 10.6 Å². The van der Waals surface area contributed by atoms with Crippen LogP contribution in [-0.2, 0) is 4.79 Å². The minimum absolute atomic E-state index is 0.285. The molecule has 0 saturated carbocycles. The first-order valence-corrected chi connectivity index (χ1v) is 8.29. The Balaban J connectivity index is 1.70. The van der Waals surface area contributed by atoms with Crippen molar-refractivity contribution in [1.82, 2.24) is 15.3 Å². The van der Waals surface area contributed by atoms with Gasteiger partial charge >= 0.3 is 0 Å². The topological polar surface area (TPSA) is 97.1 Å². The molecule has 1 fully saturated rings. The molecule has 0 radical (unpaired) electrons. The molecule has 0 aliphatic carbocycles. The van der Waals surface area contributed by atoms with Gasteiger partial charge in [0.05, 0.1) is 11.1 Å². The van der Waals surface area contributed by atoms with Crippen molar-refractivity contribution >= 4 is 62.9 Å². The summed E-state index contributed by atoms with van der Waals surface area (Å²) >= 11 is 6.72. The number of carbonyl (C=O) groups excluding carboxylic acids is 2. The molecule has 2 amide bonds. The van der Waals surface area contributed by atoms with Crippen molar-refractivity contribution in [2.45, 2.75) is 0 Å². The SMILES string of the molecule is O=C1NC(=O)/C(=C/c2cc3cncc(Nc4ccnc(Cl)c4)c3o2)S1. The van der Waals surface area contributed by atoms with Gasteiger partial charge < -0.3 is 9.73 Å². The molecule has 1 aliphatic heterocycles. The van der Waals surface area contributed by atoms with Crippen LogP contribution in [0.25, 0.3) is 17.0 Å². The van der Waals surface area contributed by atoms with Crippen LogP contribution in [-0.4, -0.2) is 21.1 Å². The number of nitrogens with zero attached hydrogens (tertiary/aromatic N) is 2. The maximum Gasteiger partial charge on any atom is 0.290 e. The van der Waals surface area contributed by atoms with Crippen LogP contribution in [0.5, 0.6) is 0 Å². The lowest BCUT2D eigenvalue weighted by molar-refractivity contribution is -0.115. The van der Waals surface area contributed by atoms with Gasteiger partial charge in [0.2, 0.25) is 0 Å². The Morgan fingerprint density at radius 3 is 2.92 bits per heavy atom. The van der Waals surface area contributed by atoms with E-state index >= 15 is 0 Å². The fraction of sp³-hybridized carbons (Fsp3) is 0. The molecule has 0 spiro atoms. The number of carbonyl (C=O) groups is 2. The molecule has 9 heteroatoms. The number of aromatic nitrogens is 2. The van der Waals surface area contributed by atoms with E-state index in [1.54, 1.807) is 36.8 Å². The lowest BCUT2D eigenvalue weighted by atomic mass is 10.2. The number of fused-ring (bicyclic) bond motifs is 1. The largest absolute Gasteiger partial charge is 0.454 e. The van der Waals surface area contributed by atoms with E-state index in [2.05, 4.69) is 20.6 Å². The van der Waals surface area contributed by atoms with Crippen molar-refractivity contribution in [2.24, 2.45) is 0 Å². The molecule has 7 nitrogen and oxygen atoms in total. The molecule has 4 heterocycles. The van der Waals surface area contributed by atoms with Gasteiger partial charge in [-0.3, -0.25) is 19.9 Å². The van der Waals surface area contributed by atoms with Crippen molar-refractivity contribution < 1.29 is 14.0 Å². The van der Waals surface area contributed by atoms with Crippen LogP contribution in [0, 0.1) is 0 Å². The van der Waals surface area contributed by atoms with E-state index in [9.17, 15) is 9.59 Å². The van der Waals surface area contributed by atoms with Crippen LogP contribution >= 0.6 is 23.4 Å². The van der Waals surface area contributed by atoms with E-state index in [0.29, 0.717) is 22.2 Å². The second-order valence-corrected chi connectivity index (χ2v) is 6.50. The number of halogens is 1. The number of furan rings is 1. The molecule has 25 heavy (non-hydrogen) atoms.